The molecule has 3 heterocycles. The van der Waals surface area contributed by atoms with Gasteiger partial charge in [0.25, 0.3) is 0 Å². The Bertz CT molecular complexity index is 670. The molecule has 0 saturated carbocycles. The van der Waals surface area contributed by atoms with Crippen LogP contribution in [0.25, 0.3) is 0 Å². The van der Waals surface area contributed by atoms with Crippen LogP contribution < -0.4 is 0 Å². The van der Waals surface area contributed by atoms with E-state index in [0.29, 0.717) is 0 Å². The van der Waals surface area contributed by atoms with Gasteiger partial charge >= 0.3 is 7.19 Å². The molecule has 0 spiro atoms. The molecule has 2 aromatic rings. The first-order valence-corrected chi connectivity index (χ1v) is 8.21. The van der Waals surface area contributed by atoms with Gasteiger partial charge in [-0.05, 0) is 85.6 Å². The Labute approximate surface area is 156 Å². The van der Waals surface area contributed by atoms with Gasteiger partial charge in [-0.2, -0.15) is 0 Å². The van der Waals surface area contributed by atoms with Gasteiger partial charge in [0.1, 0.15) is 0 Å². The van der Waals surface area contributed by atoms with Crippen LogP contribution in [-0.4, -0.2) is 50.7 Å². The van der Waals surface area contributed by atoms with E-state index in [1.807, 2.05) is 0 Å². The molecular weight excluding hydrogens is 282 g/mol. The fourth-order valence-electron chi connectivity index (χ4n) is 4.64. The van der Waals surface area contributed by atoms with Crippen molar-refractivity contribution in [2.45, 2.75) is 60.8 Å². The molecule has 0 atom stereocenters. The molecule has 0 aliphatic carbocycles. The Balaban J connectivity index is 0.00000176. The first kappa shape index (κ1) is 17.9. The largest absolute Gasteiger partial charge is 0.658 e. The number of aromatic nitrogens is 2. The smallest absolute Gasteiger partial charge is 0.491 e. The Morgan fingerprint density at radius 2 is 1.23 bits per heavy atom. The molecule has 0 bridgehead atoms. The van der Waals surface area contributed by atoms with Crippen LogP contribution in [0.4, 0.5) is 0 Å². The number of rotatable bonds is 2. The predicted octanol–water partition coefficient (Wildman–Crippen LogP) is 2.01. The van der Waals surface area contributed by atoms with Crippen LogP contribution in [0.1, 0.15) is 58.9 Å². The van der Waals surface area contributed by atoms with Crippen molar-refractivity contribution >= 4 is 36.7 Å². The molecule has 0 unspecified atom stereocenters. The zero-order chi connectivity index (χ0) is 15.5. The minimum Gasteiger partial charge on any atom is -0.658 e. The van der Waals surface area contributed by atoms with E-state index in [4.69, 9.17) is 5.02 Å². The monoisotopic (exact) mass is 309 g/mol. The molecule has 2 aromatic heterocycles. The van der Waals surface area contributed by atoms with Gasteiger partial charge in [0, 0.05) is 36.0 Å². The minimum absolute atomic E-state index is 0. The van der Waals surface area contributed by atoms with Crippen LogP contribution in [0.15, 0.2) is 0 Å². The summed E-state index contributed by atoms with van der Waals surface area (Å²) in [6.45, 7) is 13.3. The van der Waals surface area contributed by atoms with E-state index in [9.17, 15) is 0 Å². The maximum absolute atomic E-state index is 8.90. The van der Waals surface area contributed by atoms with E-state index in [-0.39, 0.29) is 29.6 Å². The molecule has 115 valence electrons. The van der Waals surface area contributed by atoms with Gasteiger partial charge in [0.05, 0.1) is 0 Å². The van der Waals surface area contributed by atoms with Gasteiger partial charge in [0.15, 0.2) is 0 Å². The van der Waals surface area contributed by atoms with Crippen LogP contribution in [0.3, 0.4) is 0 Å². The summed E-state index contributed by atoms with van der Waals surface area (Å²) in [4.78, 5) is 0. The van der Waals surface area contributed by atoms with Crippen LogP contribution in [0, 0.1) is 27.7 Å². The summed E-state index contributed by atoms with van der Waals surface area (Å²) in [6, 6.07) is 0. The SMILES string of the molecule is CCc1c(C)c2n(c1C)[BH-]([OH2+])n1c(C)c(CC)c(C)c1C2.[Na]. The van der Waals surface area contributed by atoms with Crippen LogP contribution in [0.5, 0.6) is 0 Å². The molecule has 3 rings (SSSR count). The summed E-state index contributed by atoms with van der Waals surface area (Å²) in [5, 5.41) is 8.90. The summed E-state index contributed by atoms with van der Waals surface area (Å²) in [5.74, 6) is 0. The summed E-state index contributed by atoms with van der Waals surface area (Å²) in [6.07, 6.45) is 3.12. The van der Waals surface area contributed by atoms with Crippen molar-refractivity contribution in [2.75, 3.05) is 0 Å². The van der Waals surface area contributed by atoms with Crippen LogP contribution >= 0.6 is 0 Å². The molecular formula is C17H27BN2NaO. The third-order valence-corrected chi connectivity index (χ3v) is 5.75. The standard InChI is InChI=1S/C17H27BN2O.Na/c1-7-14-10(3)16-9-17-11(4)15(8-2)13(6)20(17)18(21)19(16)12(14)5;/h18H,7-9,21H2,1-6H3;. The quantitative estimate of drug-likeness (QED) is 0.601. The van der Waals surface area contributed by atoms with Crippen LogP contribution in [0.2, 0.25) is 0 Å². The van der Waals surface area contributed by atoms with Crippen molar-refractivity contribution < 1.29 is 5.02 Å². The van der Waals surface area contributed by atoms with Crippen molar-refractivity contribution in [3.63, 3.8) is 0 Å². The van der Waals surface area contributed by atoms with E-state index in [0.717, 1.165) is 19.3 Å². The van der Waals surface area contributed by atoms with E-state index >= 15 is 0 Å². The van der Waals surface area contributed by atoms with Gasteiger partial charge < -0.3 is 14.0 Å². The number of hydrogen-bond acceptors (Lipinski definition) is 0. The van der Waals surface area contributed by atoms with Crippen molar-refractivity contribution in [3.05, 3.63) is 45.0 Å². The van der Waals surface area contributed by atoms with E-state index in [1.54, 1.807) is 0 Å². The Morgan fingerprint density at radius 3 is 1.55 bits per heavy atom. The summed E-state index contributed by atoms with van der Waals surface area (Å²) in [7, 11) is -1.29. The van der Waals surface area contributed by atoms with Gasteiger partial charge in [-0.25, -0.2) is 0 Å². The Kier molecular flexibility index (Phi) is 5.08. The molecule has 0 fully saturated rings. The van der Waals surface area contributed by atoms with Crippen LogP contribution in [-0.2, 0) is 19.3 Å². The predicted molar refractivity (Wildman–Crippen MR) is 96.7 cm³/mol. The molecule has 3 nitrogen and oxygen atoms in total. The van der Waals surface area contributed by atoms with Crippen molar-refractivity contribution in [2.24, 2.45) is 0 Å². The summed E-state index contributed by atoms with van der Waals surface area (Å²) in [5.41, 5.74) is 11.1. The molecule has 0 saturated heterocycles. The molecule has 0 aromatic carbocycles. The average molecular weight is 309 g/mol. The zero-order valence-corrected chi connectivity index (χ0v) is 17.2. The van der Waals surface area contributed by atoms with E-state index < -0.39 is 7.19 Å². The van der Waals surface area contributed by atoms with E-state index in [2.05, 4.69) is 50.5 Å². The second-order valence-electron chi connectivity index (χ2n) is 6.47. The fraction of sp³-hybridized carbons (Fsp3) is 0.529. The topological polar surface area (TPSA) is 32.8 Å². The van der Waals surface area contributed by atoms with Gasteiger partial charge in [-0.1, -0.05) is 13.8 Å². The fourth-order valence-corrected chi connectivity index (χ4v) is 4.64. The van der Waals surface area contributed by atoms with Gasteiger partial charge in [0.2, 0.25) is 0 Å². The van der Waals surface area contributed by atoms with Crippen molar-refractivity contribution in [1.82, 2.24) is 8.96 Å². The number of hydrogen-bond donors (Lipinski definition) is 0. The van der Waals surface area contributed by atoms with Gasteiger partial charge in [-0.15, -0.1) is 0 Å². The van der Waals surface area contributed by atoms with Gasteiger partial charge in [-0.3, -0.25) is 0 Å². The first-order valence-electron chi connectivity index (χ1n) is 8.21. The number of nitrogens with zero attached hydrogens (tertiary/aromatic N) is 2. The van der Waals surface area contributed by atoms with Crippen molar-refractivity contribution in [3.8, 4) is 0 Å². The van der Waals surface area contributed by atoms with E-state index in [1.165, 1.54) is 45.0 Å². The first-order chi connectivity index (χ1) is 9.93. The Morgan fingerprint density at radius 1 is 0.864 bits per heavy atom. The average Bonchev–Trinajstić information content (AvgIpc) is 2.84. The molecule has 1 aliphatic heterocycles. The number of fused-ring (bicyclic) bond motifs is 2. The minimum atomic E-state index is -1.29. The molecule has 22 heavy (non-hydrogen) atoms. The van der Waals surface area contributed by atoms with Crippen molar-refractivity contribution in [1.29, 1.82) is 0 Å². The third-order valence-electron chi connectivity index (χ3n) is 5.75. The summed E-state index contributed by atoms with van der Waals surface area (Å²) >= 11 is 0. The molecule has 1 aliphatic rings. The second-order valence-corrected chi connectivity index (χ2v) is 6.47. The second kappa shape index (κ2) is 6.24. The molecule has 1 radical (unpaired) electrons. The maximum Gasteiger partial charge on any atom is 0.491 e. The summed E-state index contributed by atoms with van der Waals surface area (Å²) < 4.78 is 4.65. The molecule has 2 N–H and O–H groups in total. The molecule has 0 amide bonds. The third kappa shape index (κ3) is 2.19. The normalized spacial score (nSPS) is 13.8. The maximum atomic E-state index is 8.90. The Hall–Kier alpha value is -0.415. The zero-order valence-electron chi connectivity index (χ0n) is 15.2. The molecule has 5 heteroatoms.